The standard InChI is InChI=1S/C23H15BrFN3O2/c24-17-4-2-5-19(14-17)27-23(29)16-3-1-6-20(13-16)30-21-11-12-26-22(28-21)15-7-9-18(25)10-8-15/h1-14H,(H,27,29). The molecule has 0 aliphatic carbocycles. The Balaban J connectivity index is 1.51. The average Bonchev–Trinajstić information content (AvgIpc) is 2.75. The molecule has 0 aliphatic rings. The fourth-order valence-electron chi connectivity index (χ4n) is 2.73. The van der Waals surface area contributed by atoms with E-state index in [9.17, 15) is 9.18 Å². The highest BCUT2D eigenvalue weighted by Gasteiger charge is 2.10. The van der Waals surface area contributed by atoms with Gasteiger partial charge in [0.25, 0.3) is 5.91 Å². The van der Waals surface area contributed by atoms with Gasteiger partial charge in [-0.2, -0.15) is 4.98 Å². The molecule has 0 fully saturated rings. The van der Waals surface area contributed by atoms with Gasteiger partial charge in [-0.25, -0.2) is 9.37 Å². The van der Waals surface area contributed by atoms with Crippen molar-refractivity contribution in [3.8, 4) is 23.0 Å². The molecule has 30 heavy (non-hydrogen) atoms. The van der Waals surface area contributed by atoms with Crippen LogP contribution in [0.5, 0.6) is 11.6 Å². The molecule has 3 aromatic carbocycles. The van der Waals surface area contributed by atoms with Crippen molar-refractivity contribution in [3.63, 3.8) is 0 Å². The van der Waals surface area contributed by atoms with Gasteiger partial charge in [0.15, 0.2) is 5.82 Å². The molecule has 1 heterocycles. The lowest BCUT2D eigenvalue weighted by atomic mass is 10.2. The number of benzene rings is 3. The zero-order valence-corrected chi connectivity index (χ0v) is 17.1. The molecule has 148 valence electrons. The van der Waals surface area contributed by atoms with Crippen LogP contribution in [0, 0.1) is 5.82 Å². The number of halogens is 2. The van der Waals surface area contributed by atoms with E-state index in [2.05, 4.69) is 31.2 Å². The Labute approximate surface area is 180 Å². The summed E-state index contributed by atoms with van der Waals surface area (Å²) in [6.45, 7) is 0. The highest BCUT2D eigenvalue weighted by Crippen LogP contribution is 2.24. The van der Waals surface area contributed by atoms with E-state index in [1.54, 1.807) is 54.7 Å². The molecular formula is C23H15BrFN3O2. The second-order valence-corrected chi connectivity index (χ2v) is 7.24. The van der Waals surface area contributed by atoms with Crippen molar-refractivity contribution in [1.82, 2.24) is 9.97 Å². The maximum Gasteiger partial charge on any atom is 0.255 e. The highest BCUT2D eigenvalue weighted by molar-refractivity contribution is 9.10. The first kappa shape index (κ1) is 19.7. The van der Waals surface area contributed by atoms with E-state index in [0.29, 0.717) is 34.3 Å². The van der Waals surface area contributed by atoms with Crippen LogP contribution in [-0.4, -0.2) is 15.9 Å². The third-order valence-corrected chi connectivity index (χ3v) is 4.63. The Morgan fingerprint density at radius 1 is 0.967 bits per heavy atom. The van der Waals surface area contributed by atoms with Crippen molar-refractivity contribution in [1.29, 1.82) is 0 Å². The van der Waals surface area contributed by atoms with E-state index in [0.717, 1.165) is 4.47 Å². The van der Waals surface area contributed by atoms with Crippen LogP contribution in [0.3, 0.4) is 0 Å². The van der Waals surface area contributed by atoms with Gasteiger partial charge in [-0.05, 0) is 60.7 Å². The first-order chi connectivity index (χ1) is 14.6. The topological polar surface area (TPSA) is 64.1 Å². The molecule has 1 aromatic heterocycles. The number of nitrogens with zero attached hydrogens (tertiary/aromatic N) is 2. The molecule has 4 rings (SSSR count). The Morgan fingerprint density at radius 3 is 2.57 bits per heavy atom. The Morgan fingerprint density at radius 2 is 1.77 bits per heavy atom. The maximum absolute atomic E-state index is 13.1. The molecule has 0 radical (unpaired) electrons. The van der Waals surface area contributed by atoms with Gasteiger partial charge in [-0.15, -0.1) is 0 Å². The third kappa shape index (κ3) is 4.87. The van der Waals surface area contributed by atoms with Crippen molar-refractivity contribution >= 4 is 27.5 Å². The summed E-state index contributed by atoms with van der Waals surface area (Å²) >= 11 is 3.38. The van der Waals surface area contributed by atoms with E-state index in [-0.39, 0.29) is 11.7 Å². The number of nitrogens with one attached hydrogen (secondary N) is 1. The van der Waals surface area contributed by atoms with Crippen molar-refractivity contribution in [2.24, 2.45) is 0 Å². The lowest BCUT2D eigenvalue weighted by Crippen LogP contribution is -2.11. The van der Waals surface area contributed by atoms with Gasteiger partial charge in [0.1, 0.15) is 11.6 Å². The number of carbonyl (C=O) groups excluding carboxylic acids is 1. The first-order valence-corrected chi connectivity index (χ1v) is 9.80. The number of carbonyl (C=O) groups is 1. The molecule has 0 saturated heterocycles. The molecule has 1 N–H and O–H groups in total. The summed E-state index contributed by atoms with van der Waals surface area (Å²) in [5, 5.41) is 2.84. The summed E-state index contributed by atoms with van der Waals surface area (Å²) in [6.07, 6.45) is 1.56. The molecule has 0 saturated carbocycles. The summed E-state index contributed by atoms with van der Waals surface area (Å²) in [5.41, 5.74) is 1.80. The van der Waals surface area contributed by atoms with Crippen molar-refractivity contribution in [2.45, 2.75) is 0 Å². The van der Waals surface area contributed by atoms with Crippen molar-refractivity contribution < 1.29 is 13.9 Å². The van der Waals surface area contributed by atoms with Crippen LogP contribution in [0.15, 0.2) is 89.5 Å². The quantitative estimate of drug-likeness (QED) is 0.388. The molecule has 5 nitrogen and oxygen atoms in total. The SMILES string of the molecule is O=C(Nc1cccc(Br)c1)c1cccc(Oc2ccnc(-c3ccc(F)cc3)n2)c1. The molecule has 4 aromatic rings. The monoisotopic (exact) mass is 463 g/mol. The lowest BCUT2D eigenvalue weighted by molar-refractivity contribution is 0.102. The Kier molecular flexibility index (Phi) is 5.81. The molecule has 7 heteroatoms. The largest absolute Gasteiger partial charge is 0.439 e. The third-order valence-electron chi connectivity index (χ3n) is 4.13. The van der Waals surface area contributed by atoms with Crippen LogP contribution >= 0.6 is 15.9 Å². The number of hydrogen-bond acceptors (Lipinski definition) is 4. The number of aromatic nitrogens is 2. The molecule has 0 bridgehead atoms. The summed E-state index contributed by atoms with van der Waals surface area (Å²) in [7, 11) is 0. The summed E-state index contributed by atoms with van der Waals surface area (Å²) in [4.78, 5) is 21.1. The van der Waals surface area contributed by atoms with Gasteiger partial charge in [-0.1, -0.05) is 28.1 Å². The molecule has 0 aliphatic heterocycles. The van der Waals surface area contributed by atoms with Gasteiger partial charge < -0.3 is 10.1 Å². The predicted molar refractivity (Wildman–Crippen MR) is 116 cm³/mol. The van der Waals surface area contributed by atoms with Crippen molar-refractivity contribution in [2.75, 3.05) is 5.32 Å². The molecule has 0 spiro atoms. The van der Waals surface area contributed by atoms with Gasteiger partial charge in [0, 0.05) is 33.6 Å². The van der Waals surface area contributed by atoms with Gasteiger partial charge in [0.2, 0.25) is 5.88 Å². The number of amides is 1. The van der Waals surface area contributed by atoms with Crippen LogP contribution in [0.25, 0.3) is 11.4 Å². The summed E-state index contributed by atoms with van der Waals surface area (Å²) < 4.78 is 19.8. The van der Waals surface area contributed by atoms with Crippen LogP contribution in [0.1, 0.15) is 10.4 Å². The van der Waals surface area contributed by atoms with Crippen LogP contribution in [0.4, 0.5) is 10.1 Å². The minimum Gasteiger partial charge on any atom is -0.439 e. The highest BCUT2D eigenvalue weighted by atomic mass is 79.9. The van der Waals surface area contributed by atoms with Gasteiger partial charge in [0.05, 0.1) is 0 Å². The van der Waals surface area contributed by atoms with Crippen molar-refractivity contribution in [3.05, 3.63) is 101 Å². The number of anilines is 1. The van der Waals surface area contributed by atoms with Crippen LogP contribution in [-0.2, 0) is 0 Å². The average molecular weight is 464 g/mol. The van der Waals surface area contributed by atoms with E-state index in [1.165, 1.54) is 12.1 Å². The molecular weight excluding hydrogens is 449 g/mol. The fraction of sp³-hybridized carbons (Fsp3) is 0. The Bertz CT molecular complexity index is 1200. The Hall–Kier alpha value is -3.58. The molecule has 1 amide bonds. The first-order valence-electron chi connectivity index (χ1n) is 9.01. The second-order valence-electron chi connectivity index (χ2n) is 6.32. The molecule has 0 unspecified atom stereocenters. The van der Waals surface area contributed by atoms with Gasteiger partial charge >= 0.3 is 0 Å². The number of ether oxygens (including phenoxy) is 1. The minimum atomic E-state index is -0.330. The zero-order valence-electron chi connectivity index (χ0n) is 15.5. The molecule has 0 atom stereocenters. The summed E-state index contributed by atoms with van der Waals surface area (Å²) in [6, 6.07) is 21.6. The lowest BCUT2D eigenvalue weighted by Gasteiger charge is -2.09. The summed E-state index contributed by atoms with van der Waals surface area (Å²) in [5.74, 6) is 0.600. The fourth-order valence-corrected chi connectivity index (χ4v) is 3.13. The zero-order chi connectivity index (χ0) is 20.9. The minimum absolute atomic E-state index is 0.256. The van der Waals surface area contributed by atoms with Crippen LogP contribution in [0.2, 0.25) is 0 Å². The second kappa shape index (κ2) is 8.84. The smallest absolute Gasteiger partial charge is 0.255 e. The maximum atomic E-state index is 13.1. The number of hydrogen-bond donors (Lipinski definition) is 1. The van der Waals surface area contributed by atoms with E-state index in [4.69, 9.17) is 4.74 Å². The van der Waals surface area contributed by atoms with E-state index in [1.807, 2.05) is 18.2 Å². The van der Waals surface area contributed by atoms with E-state index >= 15 is 0 Å². The number of rotatable bonds is 5. The van der Waals surface area contributed by atoms with Crippen LogP contribution < -0.4 is 10.1 Å². The normalized spacial score (nSPS) is 10.5. The predicted octanol–water partition coefficient (Wildman–Crippen LogP) is 6.09. The van der Waals surface area contributed by atoms with Gasteiger partial charge in [-0.3, -0.25) is 4.79 Å². The van der Waals surface area contributed by atoms with E-state index < -0.39 is 0 Å².